The maximum atomic E-state index is 5.75. The second kappa shape index (κ2) is 6.74. The molecule has 0 amide bonds. The number of furan rings is 1. The molecule has 1 aromatic heterocycles. The molecule has 0 bridgehead atoms. The van der Waals surface area contributed by atoms with Gasteiger partial charge in [0.05, 0.1) is 12.9 Å². The van der Waals surface area contributed by atoms with Crippen molar-refractivity contribution in [2.45, 2.75) is 58.8 Å². The summed E-state index contributed by atoms with van der Waals surface area (Å²) in [5.41, 5.74) is 1.30. The Labute approximate surface area is 123 Å². The molecule has 1 rings (SSSR count). The molecular weight excluding hydrogens is 252 g/mol. The first-order chi connectivity index (χ1) is 9.10. The molecule has 0 aromatic carbocycles. The van der Waals surface area contributed by atoms with Crippen molar-refractivity contribution in [2.75, 3.05) is 20.7 Å². The van der Waals surface area contributed by atoms with E-state index < -0.39 is 0 Å². The first-order valence-corrected chi connectivity index (χ1v) is 7.17. The predicted octanol–water partition coefficient (Wildman–Crippen LogP) is 3.02. The second-order valence-electron chi connectivity index (χ2n) is 7.22. The highest BCUT2D eigenvalue weighted by atomic mass is 16.5. The van der Waals surface area contributed by atoms with E-state index >= 15 is 0 Å². The van der Waals surface area contributed by atoms with Crippen LogP contribution in [0, 0.1) is 0 Å². The van der Waals surface area contributed by atoms with Gasteiger partial charge in [0, 0.05) is 23.2 Å². The van der Waals surface area contributed by atoms with Crippen LogP contribution in [0.1, 0.15) is 45.9 Å². The number of hydrogen-bond donors (Lipinski definition) is 1. The lowest BCUT2D eigenvalue weighted by Crippen LogP contribution is -2.42. The van der Waals surface area contributed by atoms with Gasteiger partial charge in [-0.25, -0.2) is 0 Å². The molecule has 4 heteroatoms. The third-order valence-corrected chi connectivity index (χ3v) is 3.44. The molecule has 0 unspecified atom stereocenters. The number of likely N-dealkylation sites (N-methyl/N-ethyl adjacent to an activating group) is 1. The summed E-state index contributed by atoms with van der Waals surface area (Å²) in [6, 6.07) is 2.06. The molecule has 20 heavy (non-hydrogen) atoms. The van der Waals surface area contributed by atoms with Crippen molar-refractivity contribution < 1.29 is 9.15 Å². The van der Waals surface area contributed by atoms with E-state index in [1.807, 2.05) is 0 Å². The molecular formula is C16H30N2O2. The van der Waals surface area contributed by atoms with E-state index in [4.69, 9.17) is 9.15 Å². The maximum absolute atomic E-state index is 5.75. The number of rotatable bonds is 7. The first-order valence-electron chi connectivity index (χ1n) is 7.17. The minimum atomic E-state index is 0.0310. The molecule has 0 saturated heterocycles. The van der Waals surface area contributed by atoms with Crippen LogP contribution in [0.25, 0.3) is 0 Å². The van der Waals surface area contributed by atoms with Crippen LogP contribution in [-0.2, 0) is 17.9 Å². The standard InChI is InChI=1S/C16H30N2O2/c1-15(2,3)17-9-13-8-14(20-10-13)11-19-12-16(4,5)18(6)7/h8,10,17H,9,11-12H2,1-7H3. The fraction of sp³-hybridized carbons (Fsp3) is 0.750. The van der Waals surface area contributed by atoms with Gasteiger partial charge in [-0.3, -0.25) is 0 Å². The van der Waals surface area contributed by atoms with Crippen LogP contribution in [0.5, 0.6) is 0 Å². The quantitative estimate of drug-likeness (QED) is 0.834. The van der Waals surface area contributed by atoms with Crippen LogP contribution in [0.4, 0.5) is 0 Å². The van der Waals surface area contributed by atoms with E-state index in [1.54, 1.807) is 6.26 Å². The summed E-state index contributed by atoms with van der Waals surface area (Å²) in [7, 11) is 4.12. The number of nitrogens with zero attached hydrogens (tertiary/aromatic N) is 1. The van der Waals surface area contributed by atoms with Gasteiger partial charge in [0.1, 0.15) is 12.4 Å². The van der Waals surface area contributed by atoms with E-state index in [-0.39, 0.29) is 11.1 Å². The minimum Gasteiger partial charge on any atom is -0.467 e. The Balaban J connectivity index is 2.38. The van der Waals surface area contributed by atoms with Crippen molar-refractivity contribution in [1.29, 1.82) is 0 Å². The van der Waals surface area contributed by atoms with Crippen LogP contribution in [0.3, 0.4) is 0 Å². The van der Waals surface area contributed by atoms with Gasteiger partial charge >= 0.3 is 0 Å². The molecule has 1 N–H and O–H groups in total. The zero-order valence-corrected chi connectivity index (χ0v) is 14.0. The van der Waals surface area contributed by atoms with E-state index in [1.165, 1.54) is 0 Å². The summed E-state index contributed by atoms with van der Waals surface area (Å²) in [5, 5.41) is 3.44. The molecule has 116 valence electrons. The molecule has 0 aliphatic carbocycles. The van der Waals surface area contributed by atoms with Gasteiger partial charge in [0.2, 0.25) is 0 Å². The zero-order valence-electron chi connectivity index (χ0n) is 14.0. The van der Waals surface area contributed by atoms with Gasteiger partial charge in [-0.2, -0.15) is 0 Å². The van der Waals surface area contributed by atoms with Crippen molar-refractivity contribution in [3.05, 3.63) is 23.7 Å². The summed E-state index contributed by atoms with van der Waals surface area (Å²) in [6.45, 7) is 12.8. The highest BCUT2D eigenvalue weighted by Crippen LogP contribution is 2.14. The molecule has 1 aromatic rings. The fourth-order valence-corrected chi connectivity index (χ4v) is 1.49. The van der Waals surface area contributed by atoms with Gasteiger partial charge in [-0.1, -0.05) is 0 Å². The molecule has 0 spiro atoms. The van der Waals surface area contributed by atoms with Crippen molar-refractivity contribution >= 4 is 0 Å². The third kappa shape index (κ3) is 6.07. The van der Waals surface area contributed by atoms with Gasteiger partial charge in [-0.05, 0) is 54.8 Å². The van der Waals surface area contributed by atoms with Crippen molar-refractivity contribution in [3.8, 4) is 0 Å². The Morgan fingerprint density at radius 2 is 1.85 bits per heavy atom. The fourth-order valence-electron chi connectivity index (χ4n) is 1.49. The molecule has 0 fully saturated rings. The number of nitrogens with one attached hydrogen (secondary N) is 1. The monoisotopic (exact) mass is 282 g/mol. The normalized spacial score (nSPS) is 13.2. The SMILES string of the molecule is CN(C)C(C)(C)COCc1cc(CNC(C)(C)C)co1. The Morgan fingerprint density at radius 1 is 1.20 bits per heavy atom. The molecule has 0 aliphatic heterocycles. The Bertz CT molecular complexity index is 403. The largest absolute Gasteiger partial charge is 0.467 e. The van der Waals surface area contributed by atoms with Gasteiger partial charge in [0.15, 0.2) is 0 Å². The molecule has 0 atom stereocenters. The smallest absolute Gasteiger partial charge is 0.129 e. The molecule has 0 aliphatic rings. The lowest BCUT2D eigenvalue weighted by atomic mass is 10.1. The lowest BCUT2D eigenvalue weighted by Gasteiger charge is -2.31. The van der Waals surface area contributed by atoms with E-state index in [9.17, 15) is 0 Å². The second-order valence-corrected chi connectivity index (χ2v) is 7.22. The first kappa shape index (κ1) is 17.2. The lowest BCUT2D eigenvalue weighted by molar-refractivity contribution is 0.0209. The van der Waals surface area contributed by atoms with Crippen molar-refractivity contribution in [1.82, 2.24) is 10.2 Å². The Hall–Kier alpha value is -0.840. The summed E-state index contributed by atoms with van der Waals surface area (Å²) < 4.78 is 11.3. The van der Waals surface area contributed by atoms with E-state index in [0.717, 1.165) is 17.9 Å². The molecule has 4 nitrogen and oxygen atoms in total. The average molecular weight is 282 g/mol. The highest BCUT2D eigenvalue weighted by Gasteiger charge is 2.20. The molecule has 0 radical (unpaired) electrons. The summed E-state index contributed by atoms with van der Waals surface area (Å²) >= 11 is 0. The summed E-state index contributed by atoms with van der Waals surface area (Å²) in [4.78, 5) is 2.16. The average Bonchev–Trinajstić information content (AvgIpc) is 2.73. The van der Waals surface area contributed by atoms with Crippen molar-refractivity contribution in [2.24, 2.45) is 0 Å². The topological polar surface area (TPSA) is 37.6 Å². The van der Waals surface area contributed by atoms with Gasteiger partial charge in [0.25, 0.3) is 0 Å². The number of ether oxygens (including phenoxy) is 1. The zero-order chi connectivity index (χ0) is 15.4. The van der Waals surface area contributed by atoms with Crippen LogP contribution in [0.15, 0.2) is 16.7 Å². The van der Waals surface area contributed by atoms with Crippen LogP contribution >= 0.6 is 0 Å². The van der Waals surface area contributed by atoms with Crippen molar-refractivity contribution in [3.63, 3.8) is 0 Å². The van der Waals surface area contributed by atoms with Gasteiger partial charge in [-0.15, -0.1) is 0 Å². The van der Waals surface area contributed by atoms with Crippen LogP contribution in [-0.4, -0.2) is 36.7 Å². The predicted molar refractivity (Wildman–Crippen MR) is 82.7 cm³/mol. The highest BCUT2D eigenvalue weighted by molar-refractivity contribution is 5.12. The Morgan fingerprint density at radius 3 is 2.40 bits per heavy atom. The van der Waals surface area contributed by atoms with E-state index in [0.29, 0.717) is 13.2 Å². The summed E-state index contributed by atoms with van der Waals surface area (Å²) in [5.74, 6) is 0.880. The number of hydrogen-bond acceptors (Lipinski definition) is 4. The molecule has 1 heterocycles. The van der Waals surface area contributed by atoms with Gasteiger partial charge < -0.3 is 19.4 Å². The van der Waals surface area contributed by atoms with Crippen LogP contribution in [0.2, 0.25) is 0 Å². The Kier molecular flexibility index (Phi) is 5.80. The van der Waals surface area contributed by atoms with E-state index in [2.05, 4.69) is 65.0 Å². The third-order valence-electron chi connectivity index (χ3n) is 3.44. The maximum Gasteiger partial charge on any atom is 0.129 e. The summed E-state index contributed by atoms with van der Waals surface area (Å²) in [6.07, 6.45) is 1.80. The minimum absolute atomic E-state index is 0.0310. The van der Waals surface area contributed by atoms with Crippen LogP contribution < -0.4 is 5.32 Å². The molecule has 0 saturated carbocycles.